The molecule has 7 heteroatoms. The monoisotopic (exact) mass is 401 g/mol. The highest BCUT2D eigenvalue weighted by Gasteiger charge is 2.51. The highest BCUT2D eigenvalue weighted by Crippen LogP contribution is 2.52. The van der Waals surface area contributed by atoms with Crippen molar-refractivity contribution in [3.63, 3.8) is 0 Å². The molecule has 0 spiro atoms. The van der Waals surface area contributed by atoms with Gasteiger partial charge in [-0.05, 0) is 56.0 Å². The van der Waals surface area contributed by atoms with Crippen molar-refractivity contribution in [3.8, 4) is 0 Å². The second-order valence-electron chi connectivity index (χ2n) is 7.10. The molecule has 4 nitrogen and oxygen atoms in total. The maximum Gasteiger partial charge on any atom is 0.247 e. The molecule has 1 fully saturated rings. The second kappa shape index (κ2) is 7.64. The van der Waals surface area contributed by atoms with E-state index in [-0.39, 0.29) is 17.4 Å². The van der Waals surface area contributed by atoms with Gasteiger partial charge < -0.3 is 5.73 Å². The summed E-state index contributed by atoms with van der Waals surface area (Å²) in [5.74, 6) is -1.23. The smallest absolute Gasteiger partial charge is 0.247 e. The van der Waals surface area contributed by atoms with Gasteiger partial charge in [0.25, 0.3) is 0 Å². The van der Waals surface area contributed by atoms with E-state index in [1.807, 2.05) is 30.3 Å². The average Bonchev–Trinajstić information content (AvgIpc) is 3.49. The molecular formula is C21H21F2N3OS. The number of hydrazone groups is 1. The van der Waals surface area contributed by atoms with Gasteiger partial charge in [0.15, 0.2) is 0 Å². The van der Waals surface area contributed by atoms with E-state index in [0.717, 1.165) is 36.6 Å². The van der Waals surface area contributed by atoms with Gasteiger partial charge in [-0.3, -0.25) is 4.79 Å². The molecule has 0 bridgehead atoms. The van der Waals surface area contributed by atoms with Gasteiger partial charge in [-0.2, -0.15) is 5.10 Å². The van der Waals surface area contributed by atoms with Crippen LogP contribution in [0.25, 0.3) is 0 Å². The van der Waals surface area contributed by atoms with Crippen molar-refractivity contribution < 1.29 is 13.6 Å². The van der Waals surface area contributed by atoms with Crippen molar-refractivity contribution in [2.45, 2.75) is 30.6 Å². The number of carbonyl (C=O) groups is 1. The Bertz CT molecular complexity index is 917. The fraction of sp³-hybridized carbons (Fsp3) is 0.333. The van der Waals surface area contributed by atoms with Gasteiger partial charge in [0.2, 0.25) is 5.91 Å². The van der Waals surface area contributed by atoms with Crippen molar-refractivity contribution in [2.75, 3.05) is 6.54 Å². The van der Waals surface area contributed by atoms with E-state index in [1.165, 1.54) is 16.8 Å². The van der Waals surface area contributed by atoms with Crippen LogP contribution in [0.15, 0.2) is 53.6 Å². The van der Waals surface area contributed by atoms with Gasteiger partial charge >= 0.3 is 0 Å². The van der Waals surface area contributed by atoms with E-state index in [0.29, 0.717) is 24.4 Å². The number of rotatable bonds is 6. The first-order chi connectivity index (χ1) is 13.5. The Labute approximate surface area is 166 Å². The number of nitrogens with two attached hydrogens (primary N) is 1. The van der Waals surface area contributed by atoms with Crippen LogP contribution in [0.5, 0.6) is 0 Å². The molecule has 2 N–H and O–H groups in total. The number of halogens is 2. The lowest BCUT2D eigenvalue weighted by atomic mass is 10.00. The maximum absolute atomic E-state index is 14.4. The van der Waals surface area contributed by atoms with Gasteiger partial charge in [0, 0.05) is 11.5 Å². The summed E-state index contributed by atoms with van der Waals surface area (Å²) in [5, 5.41) is 6.33. The van der Waals surface area contributed by atoms with Gasteiger partial charge in [0.1, 0.15) is 21.5 Å². The molecule has 0 radical (unpaired) electrons. The van der Waals surface area contributed by atoms with Crippen LogP contribution >= 0.6 is 11.8 Å². The Hall–Kier alpha value is -2.25. The lowest BCUT2D eigenvalue weighted by Crippen LogP contribution is -2.42. The normalized spacial score (nSPS) is 21.7. The summed E-state index contributed by atoms with van der Waals surface area (Å²) in [6.45, 7) is 0.463. The lowest BCUT2D eigenvalue weighted by Gasteiger charge is -2.36. The highest BCUT2D eigenvalue weighted by atomic mass is 32.2. The summed E-state index contributed by atoms with van der Waals surface area (Å²) >= 11 is 1.30. The molecule has 1 aliphatic heterocycles. The third-order valence-electron chi connectivity index (χ3n) is 5.04. The Morgan fingerprint density at radius 2 is 1.96 bits per heavy atom. The van der Waals surface area contributed by atoms with E-state index in [2.05, 4.69) is 5.10 Å². The van der Waals surface area contributed by atoms with E-state index >= 15 is 0 Å². The first kappa shape index (κ1) is 19.1. The summed E-state index contributed by atoms with van der Waals surface area (Å²) in [6.07, 6.45) is 2.91. The van der Waals surface area contributed by atoms with Crippen molar-refractivity contribution in [2.24, 2.45) is 16.8 Å². The first-order valence-electron chi connectivity index (χ1n) is 9.38. The van der Waals surface area contributed by atoms with Crippen LogP contribution in [0.1, 0.15) is 36.8 Å². The van der Waals surface area contributed by atoms with Crippen LogP contribution in [0.4, 0.5) is 8.78 Å². The summed E-state index contributed by atoms with van der Waals surface area (Å²) in [7, 11) is 0. The van der Waals surface area contributed by atoms with E-state index in [9.17, 15) is 13.6 Å². The molecule has 2 aromatic carbocycles. The lowest BCUT2D eigenvalue weighted by molar-refractivity contribution is -0.136. The minimum atomic E-state index is -0.811. The van der Waals surface area contributed by atoms with Crippen LogP contribution in [0, 0.1) is 17.6 Å². The quantitative estimate of drug-likeness (QED) is 0.789. The maximum atomic E-state index is 14.4. The van der Waals surface area contributed by atoms with Gasteiger partial charge in [0.05, 0.1) is 0 Å². The standard InChI is InChI=1S/C21H21F2N3OS/c22-16-9-10-18(23)17(13-16)19-25-26(20(27)14-7-8-14)21(28-19,11-4-12-24)15-5-2-1-3-6-15/h1-3,5-6,9-10,13-14H,4,7-8,11-12,24H2. The fourth-order valence-electron chi connectivity index (χ4n) is 3.42. The molecule has 2 aromatic rings. The molecule has 1 aliphatic carbocycles. The molecule has 28 heavy (non-hydrogen) atoms. The van der Waals surface area contributed by atoms with Crippen LogP contribution in [-0.4, -0.2) is 22.5 Å². The third kappa shape index (κ3) is 3.44. The topological polar surface area (TPSA) is 58.7 Å². The zero-order valence-electron chi connectivity index (χ0n) is 15.3. The number of thioether (sulfide) groups is 1. The van der Waals surface area contributed by atoms with Crippen molar-refractivity contribution in [3.05, 3.63) is 71.3 Å². The van der Waals surface area contributed by atoms with Gasteiger partial charge in [-0.25, -0.2) is 13.8 Å². The molecule has 1 unspecified atom stereocenters. The van der Waals surface area contributed by atoms with Crippen LogP contribution < -0.4 is 5.73 Å². The predicted octanol–water partition coefficient (Wildman–Crippen LogP) is 4.20. The minimum Gasteiger partial charge on any atom is -0.330 e. The number of hydrogen-bond acceptors (Lipinski definition) is 4. The summed E-state index contributed by atoms with van der Waals surface area (Å²) in [4.78, 5) is 12.3. The van der Waals surface area contributed by atoms with Crippen molar-refractivity contribution in [1.29, 1.82) is 0 Å². The zero-order chi connectivity index (χ0) is 19.7. The molecule has 0 aromatic heterocycles. The first-order valence-corrected chi connectivity index (χ1v) is 10.2. The number of benzene rings is 2. The van der Waals surface area contributed by atoms with E-state index in [1.54, 1.807) is 0 Å². The highest BCUT2D eigenvalue weighted by molar-refractivity contribution is 8.15. The largest absolute Gasteiger partial charge is 0.330 e. The molecular weight excluding hydrogens is 380 g/mol. The molecule has 4 rings (SSSR count). The van der Waals surface area contributed by atoms with Gasteiger partial charge in [-0.15, -0.1) is 0 Å². The summed E-state index contributed by atoms with van der Waals surface area (Å²) < 4.78 is 28.2. The SMILES string of the molecule is NCCCC1(c2ccccc2)SC(c2cc(F)ccc2F)=NN1C(=O)C1CC1. The molecule has 146 valence electrons. The predicted molar refractivity (Wildman–Crippen MR) is 106 cm³/mol. The molecule has 1 atom stereocenters. The molecule has 0 saturated heterocycles. The fourth-order valence-corrected chi connectivity index (χ4v) is 4.84. The summed E-state index contributed by atoms with van der Waals surface area (Å²) in [6, 6.07) is 12.9. The zero-order valence-corrected chi connectivity index (χ0v) is 16.1. The second-order valence-corrected chi connectivity index (χ2v) is 8.36. The molecule has 1 saturated carbocycles. The third-order valence-corrected chi connectivity index (χ3v) is 6.48. The number of hydrogen-bond donors (Lipinski definition) is 1. The molecule has 1 amide bonds. The number of carbonyl (C=O) groups excluding carboxylic acids is 1. The van der Waals surface area contributed by atoms with Crippen molar-refractivity contribution >= 4 is 22.7 Å². The molecule has 2 aliphatic rings. The Morgan fingerprint density at radius 1 is 1.21 bits per heavy atom. The van der Waals surface area contributed by atoms with Crippen molar-refractivity contribution in [1.82, 2.24) is 5.01 Å². The average molecular weight is 401 g/mol. The summed E-state index contributed by atoms with van der Waals surface area (Å²) in [5.41, 5.74) is 6.74. The minimum absolute atomic E-state index is 0.0537. The van der Waals surface area contributed by atoms with Gasteiger partial charge in [-0.1, -0.05) is 42.1 Å². The van der Waals surface area contributed by atoms with Crippen LogP contribution in [-0.2, 0) is 9.67 Å². The van der Waals surface area contributed by atoms with E-state index in [4.69, 9.17) is 5.73 Å². The number of amides is 1. The van der Waals surface area contributed by atoms with Crippen LogP contribution in [0.3, 0.4) is 0 Å². The Kier molecular flexibility index (Phi) is 5.21. The number of nitrogens with zero attached hydrogens (tertiary/aromatic N) is 2. The Balaban J connectivity index is 1.82. The van der Waals surface area contributed by atoms with E-state index < -0.39 is 16.5 Å². The molecule has 1 heterocycles. The Morgan fingerprint density at radius 3 is 2.64 bits per heavy atom. The van der Waals surface area contributed by atoms with Crippen LogP contribution in [0.2, 0.25) is 0 Å².